The zero-order valence-corrected chi connectivity index (χ0v) is 27.1. The molecule has 0 unspecified atom stereocenters. The van der Waals surface area contributed by atoms with Crippen LogP contribution in [0.3, 0.4) is 0 Å². The van der Waals surface area contributed by atoms with Gasteiger partial charge in [0.1, 0.15) is 118 Å². The van der Waals surface area contributed by atoms with Gasteiger partial charge in [0.15, 0.2) is 0 Å². The van der Waals surface area contributed by atoms with E-state index in [0.717, 1.165) is 0 Å². The molecule has 0 nitrogen and oxygen atoms in total. The van der Waals surface area contributed by atoms with Gasteiger partial charge in [-0.2, -0.15) is 0 Å². The van der Waals surface area contributed by atoms with Crippen molar-refractivity contribution in [2.24, 2.45) is 0 Å². The minimum atomic E-state index is 1.38. The zero-order chi connectivity index (χ0) is 29.0. The third kappa shape index (κ3) is 3.67. The smallest absolute Gasteiger partial charge is 0.101 e. The van der Waals surface area contributed by atoms with Crippen LogP contribution in [-0.4, -0.2) is 118 Å². The fourth-order valence-electron chi connectivity index (χ4n) is 7.53. The third-order valence-corrected chi connectivity index (χ3v) is 11.1. The van der Waals surface area contributed by atoms with E-state index in [1.807, 2.05) is 0 Å². The highest BCUT2D eigenvalue weighted by molar-refractivity contribution is 6.71. The summed E-state index contributed by atoms with van der Waals surface area (Å²) in [4.78, 5) is 0. The SMILES string of the molecule is Bc1cc(B)c2c(c1B)-c1c(B)c(B)c(B)c(B)c1-c1c(B)c(B)c(B)c(B)c1-c1c(B)c(B)c(B)c(B)c1-2. The average Bonchev–Trinajstić information content (AvgIpc) is 2.89. The van der Waals surface area contributed by atoms with Gasteiger partial charge in [0.25, 0.3) is 0 Å². The van der Waals surface area contributed by atoms with Crippen LogP contribution in [0, 0.1) is 0 Å². The predicted molar refractivity (Wildman–Crippen MR) is 224 cm³/mol. The van der Waals surface area contributed by atoms with Crippen molar-refractivity contribution < 1.29 is 0 Å². The van der Waals surface area contributed by atoms with Crippen molar-refractivity contribution in [2.75, 3.05) is 0 Å². The Morgan fingerprint density at radius 2 is 0.410 bits per heavy atom. The summed E-state index contributed by atoms with van der Waals surface area (Å²) in [5.41, 5.74) is 32.8. The monoisotopic (exact) mass is 484 g/mol. The van der Waals surface area contributed by atoms with Crippen LogP contribution in [0.1, 0.15) is 0 Å². The molecule has 4 aromatic rings. The number of hydrogen-bond acceptors (Lipinski definition) is 0. The Balaban J connectivity index is 2.31. The molecule has 0 saturated carbocycles. The van der Waals surface area contributed by atoms with Crippen molar-refractivity contribution >= 4 is 200 Å². The summed E-state index contributed by atoms with van der Waals surface area (Å²) >= 11 is 0. The lowest BCUT2D eigenvalue weighted by Gasteiger charge is -2.36. The molecule has 0 aromatic heterocycles. The van der Waals surface area contributed by atoms with Gasteiger partial charge in [-0.05, 0) is 44.5 Å². The number of fused-ring (bicyclic) bond motifs is 8. The van der Waals surface area contributed by atoms with Gasteiger partial charge in [-0.3, -0.25) is 0 Å². The molecule has 0 aliphatic heterocycles. The molecule has 1 aliphatic rings. The molecule has 0 fully saturated rings. The van der Waals surface area contributed by atoms with Gasteiger partial charge in [-0.15, -0.1) is 32.8 Å². The molecule has 0 saturated heterocycles. The van der Waals surface area contributed by atoms with Crippen molar-refractivity contribution in [3.8, 4) is 44.5 Å². The lowest BCUT2D eigenvalue weighted by atomic mass is 9.53. The molecule has 0 amide bonds. The summed E-state index contributed by atoms with van der Waals surface area (Å²) in [7, 11) is 35.1. The minimum absolute atomic E-state index is 1.38. The lowest BCUT2D eigenvalue weighted by molar-refractivity contribution is 1.67. The second-order valence-electron chi connectivity index (χ2n) is 12.6. The number of benzene rings is 4. The van der Waals surface area contributed by atoms with E-state index in [0.29, 0.717) is 0 Å². The molecule has 0 radical (unpaired) electrons. The molecule has 4 aromatic carbocycles. The van der Waals surface area contributed by atoms with E-state index in [-0.39, 0.29) is 0 Å². The first-order valence-electron chi connectivity index (χ1n) is 14.6. The van der Waals surface area contributed by atoms with E-state index in [1.165, 1.54) is 126 Å². The van der Waals surface area contributed by atoms with Gasteiger partial charge >= 0.3 is 0 Å². The van der Waals surface area contributed by atoms with Gasteiger partial charge < -0.3 is 0 Å². The second-order valence-corrected chi connectivity index (χ2v) is 12.6. The van der Waals surface area contributed by atoms with Crippen molar-refractivity contribution in [1.29, 1.82) is 0 Å². The topological polar surface area (TPSA) is 0 Å². The molecule has 172 valence electrons. The maximum absolute atomic E-state index is 2.42. The minimum Gasteiger partial charge on any atom is -0.101 e. The normalized spacial score (nSPS) is 11.6. The van der Waals surface area contributed by atoms with Crippen molar-refractivity contribution in [2.45, 2.75) is 0 Å². The van der Waals surface area contributed by atoms with Crippen LogP contribution in [0.15, 0.2) is 6.07 Å². The summed E-state index contributed by atoms with van der Waals surface area (Å²) < 4.78 is 0. The third-order valence-electron chi connectivity index (χ3n) is 11.1. The molecule has 0 N–H and O–H groups in total. The van der Waals surface area contributed by atoms with Crippen molar-refractivity contribution in [1.82, 2.24) is 0 Å². The summed E-state index contributed by atoms with van der Waals surface area (Å²) in [6, 6.07) is 2.42. The van der Waals surface area contributed by atoms with E-state index in [9.17, 15) is 0 Å². The Morgan fingerprint density at radius 3 is 0.667 bits per heavy atom. The average molecular weight is 482 g/mol. The maximum Gasteiger partial charge on any atom is 0.140 e. The Kier molecular flexibility index (Phi) is 6.89. The van der Waals surface area contributed by atoms with Crippen LogP contribution in [-0.2, 0) is 0 Å². The zero-order valence-electron chi connectivity index (χ0n) is 27.1. The highest BCUT2D eigenvalue weighted by Gasteiger charge is 2.32. The Bertz CT molecular complexity index is 1790. The first kappa shape index (κ1) is 28.4. The summed E-state index contributed by atoms with van der Waals surface area (Å²) in [5.74, 6) is 0. The maximum atomic E-state index is 2.42. The first-order chi connectivity index (χ1) is 18.1. The van der Waals surface area contributed by atoms with E-state index < -0.39 is 0 Å². The van der Waals surface area contributed by atoms with Crippen LogP contribution in [0.4, 0.5) is 0 Å². The molecule has 0 heterocycles. The second kappa shape index (κ2) is 9.46. The van der Waals surface area contributed by atoms with Gasteiger partial charge in [0, 0.05) is 0 Å². The van der Waals surface area contributed by atoms with Gasteiger partial charge in [-0.25, -0.2) is 0 Å². The van der Waals surface area contributed by atoms with E-state index >= 15 is 0 Å². The van der Waals surface area contributed by atoms with Crippen LogP contribution in [0.5, 0.6) is 0 Å². The fraction of sp³-hybridized carbons (Fsp3) is 0. The number of hydrogen-bond donors (Lipinski definition) is 0. The molecule has 1 aliphatic carbocycles. The molecule has 39 heavy (non-hydrogen) atoms. The van der Waals surface area contributed by atoms with Crippen molar-refractivity contribution in [3.63, 3.8) is 0 Å². The van der Waals surface area contributed by atoms with E-state index in [1.54, 1.807) is 0 Å². The van der Waals surface area contributed by atoms with Crippen LogP contribution < -0.4 is 81.9 Å². The fourth-order valence-corrected chi connectivity index (χ4v) is 7.53. The highest BCUT2D eigenvalue weighted by Crippen LogP contribution is 2.41. The van der Waals surface area contributed by atoms with Crippen LogP contribution >= 0.6 is 0 Å². The molecule has 0 spiro atoms. The largest absolute Gasteiger partial charge is 0.140 e. The molecule has 5 rings (SSSR count). The predicted octanol–water partition coefficient (Wildman–Crippen LogP) is -19.5. The quantitative estimate of drug-likeness (QED) is 0.193. The van der Waals surface area contributed by atoms with Gasteiger partial charge in [-0.1, -0.05) is 55.2 Å². The first-order valence-corrected chi connectivity index (χ1v) is 14.6. The summed E-state index contributed by atoms with van der Waals surface area (Å²) in [6.07, 6.45) is 0. The van der Waals surface area contributed by atoms with Gasteiger partial charge in [0.05, 0.1) is 0 Å². The van der Waals surface area contributed by atoms with Crippen LogP contribution in [0.25, 0.3) is 44.5 Å². The highest BCUT2D eigenvalue weighted by atomic mass is 14.3. The molecular formula is C24H31B15. The Morgan fingerprint density at radius 1 is 0.205 bits per heavy atom. The van der Waals surface area contributed by atoms with Gasteiger partial charge in [0.2, 0.25) is 0 Å². The lowest BCUT2D eigenvalue weighted by Crippen LogP contribution is -2.55. The molecule has 0 atom stereocenters. The number of rotatable bonds is 0. The Labute approximate surface area is 249 Å². The van der Waals surface area contributed by atoms with Crippen LogP contribution in [0.2, 0.25) is 0 Å². The molecular weight excluding hydrogens is 450 g/mol. The summed E-state index contributed by atoms with van der Waals surface area (Å²) in [6.45, 7) is 0. The standard InChI is InChI=1S/C24H31B15/c25-2-1-3(26)12(27)5-4(2)6-8(15(30)21(36)19(34)13(6)28)10-11(18(33)24(39)23(38)17(10)32)9-7(5)14(29)20(35)22(37)16(9)31/h1H,25-39H2. The van der Waals surface area contributed by atoms with E-state index in [2.05, 4.69) is 124 Å². The van der Waals surface area contributed by atoms with E-state index in [4.69, 9.17) is 0 Å². The summed E-state index contributed by atoms with van der Waals surface area (Å²) in [5, 5.41) is 0. The molecule has 0 bridgehead atoms. The molecule has 15 heteroatoms. The Hall–Kier alpha value is -2.15. The van der Waals surface area contributed by atoms with Crippen molar-refractivity contribution in [3.05, 3.63) is 6.07 Å².